The van der Waals surface area contributed by atoms with Crippen molar-refractivity contribution >= 4 is 12.7 Å². The van der Waals surface area contributed by atoms with E-state index in [1.165, 1.54) is 0 Å². The summed E-state index contributed by atoms with van der Waals surface area (Å²) in [6, 6.07) is 0. The molecule has 1 atom stereocenters. The zero-order chi connectivity index (χ0) is 7.28. The molecule has 0 aromatic carbocycles. The molecule has 9 heavy (non-hydrogen) atoms. The molecule has 0 saturated carbocycles. The van der Waals surface area contributed by atoms with Gasteiger partial charge < -0.3 is 10.2 Å². The molecule has 0 amide bonds. The second kappa shape index (κ2) is 4.03. The molecule has 0 bridgehead atoms. The van der Waals surface area contributed by atoms with Gasteiger partial charge >= 0.3 is 5.97 Å². The molecular weight excluding hydrogens is 122 g/mol. The Balaban J connectivity index is 3.37. The maximum absolute atomic E-state index is 9.86. The molecule has 0 fully saturated rings. The highest BCUT2D eigenvalue weighted by Crippen LogP contribution is 1.90. The predicted molar refractivity (Wildman–Crippen MR) is 32.7 cm³/mol. The highest BCUT2D eigenvalue weighted by atomic mass is 16.4. The molecule has 0 spiro atoms. The van der Waals surface area contributed by atoms with Gasteiger partial charge in [-0.1, -0.05) is 0 Å². The summed E-state index contributed by atoms with van der Waals surface area (Å²) in [6.07, 6.45) is -1.15. The number of carboxylic acids is 1. The fraction of sp³-hybridized carbons (Fsp3) is 0.600. The summed E-state index contributed by atoms with van der Waals surface area (Å²) in [5, 5.41) is 16.8. The molecule has 0 aromatic rings. The number of hydrogen-bond donors (Lipinski definition) is 2. The van der Waals surface area contributed by atoms with Crippen LogP contribution in [0.2, 0.25) is 0 Å². The standard InChI is InChI=1S/C5H9NO3/c1-6-3-4(7)2-5(8)9/h4,7H,1-3H2,(H,8,9). The average molecular weight is 131 g/mol. The van der Waals surface area contributed by atoms with Gasteiger partial charge in [-0.2, -0.15) is 0 Å². The molecule has 0 heterocycles. The number of hydrogen-bond acceptors (Lipinski definition) is 3. The Morgan fingerprint density at radius 1 is 1.78 bits per heavy atom. The first-order valence-corrected chi connectivity index (χ1v) is 2.49. The zero-order valence-electron chi connectivity index (χ0n) is 4.95. The summed E-state index contributed by atoms with van der Waals surface area (Å²) in [5.41, 5.74) is 0. The molecule has 4 heteroatoms. The number of nitrogens with zero attached hydrogens (tertiary/aromatic N) is 1. The maximum Gasteiger partial charge on any atom is 0.306 e. The first kappa shape index (κ1) is 8.10. The minimum atomic E-state index is -1.02. The summed E-state index contributed by atoms with van der Waals surface area (Å²) in [5.74, 6) is -1.02. The van der Waals surface area contributed by atoms with E-state index in [1.54, 1.807) is 0 Å². The lowest BCUT2D eigenvalue weighted by molar-refractivity contribution is -0.139. The molecule has 52 valence electrons. The predicted octanol–water partition coefficient (Wildman–Crippen LogP) is -0.477. The Bertz CT molecular complexity index is 113. The highest BCUT2D eigenvalue weighted by Gasteiger charge is 2.06. The molecule has 2 N–H and O–H groups in total. The summed E-state index contributed by atoms with van der Waals surface area (Å²) in [6.45, 7) is 3.19. The van der Waals surface area contributed by atoms with Crippen LogP contribution >= 0.6 is 0 Å². The van der Waals surface area contributed by atoms with Crippen LogP contribution < -0.4 is 0 Å². The summed E-state index contributed by atoms with van der Waals surface area (Å²) in [4.78, 5) is 13.2. The lowest BCUT2D eigenvalue weighted by atomic mass is 10.2. The zero-order valence-corrected chi connectivity index (χ0v) is 4.95. The third-order valence-electron chi connectivity index (χ3n) is 0.750. The van der Waals surface area contributed by atoms with Gasteiger partial charge in [0.25, 0.3) is 0 Å². The molecule has 0 aromatic heterocycles. The number of carbonyl (C=O) groups is 1. The van der Waals surface area contributed by atoms with Gasteiger partial charge in [0.2, 0.25) is 0 Å². The van der Waals surface area contributed by atoms with Gasteiger partial charge in [-0.15, -0.1) is 0 Å². The molecule has 0 aliphatic carbocycles. The van der Waals surface area contributed by atoms with E-state index in [9.17, 15) is 4.79 Å². The number of aliphatic hydroxyl groups is 1. The smallest absolute Gasteiger partial charge is 0.306 e. The lowest BCUT2D eigenvalue weighted by Crippen LogP contribution is -2.15. The maximum atomic E-state index is 9.86. The fourth-order valence-corrected chi connectivity index (χ4v) is 0.415. The van der Waals surface area contributed by atoms with Crippen LogP contribution in [0.4, 0.5) is 0 Å². The second-order valence-corrected chi connectivity index (χ2v) is 1.66. The first-order chi connectivity index (χ1) is 4.16. The van der Waals surface area contributed by atoms with Gasteiger partial charge in [0.1, 0.15) is 0 Å². The number of rotatable bonds is 4. The van der Waals surface area contributed by atoms with Gasteiger partial charge in [0.05, 0.1) is 19.1 Å². The number of aliphatic hydroxyl groups excluding tert-OH is 1. The Kier molecular flexibility index (Phi) is 3.62. The normalized spacial score (nSPS) is 12.6. The van der Waals surface area contributed by atoms with Crippen LogP contribution in [-0.4, -0.2) is 35.5 Å². The summed E-state index contributed by atoms with van der Waals surface area (Å²) < 4.78 is 0. The van der Waals surface area contributed by atoms with Gasteiger partial charge in [-0.05, 0) is 6.72 Å². The molecular formula is C5H9NO3. The highest BCUT2D eigenvalue weighted by molar-refractivity contribution is 5.67. The molecule has 0 aliphatic heterocycles. The van der Waals surface area contributed by atoms with E-state index >= 15 is 0 Å². The number of carboxylic acid groups (broad SMARTS) is 1. The first-order valence-electron chi connectivity index (χ1n) is 2.49. The van der Waals surface area contributed by atoms with Crippen LogP contribution in [0.3, 0.4) is 0 Å². The topological polar surface area (TPSA) is 69.9 Å². The van der Waals surface area contributed by atoms with Crippen LogP contribution in [0.5, 0.6) is 0 Å². The van der Waals surface area contributed by atoms with Gasteiger partial charge in [0, 0.05) is 0 Å². The van der Waals surface area contributed by atoms with Crippen molar-refractivity contribution in [1.29, 1.82) is 0 Å². The molecule has 0 radical (unpaired) electrons. The molecule has 0 aliphatic rings. The van der Waals surface area contributed by atoms with Crippen molar-refractivity contribution in [1.82, 2.24) is 0 Å². The van der Waals surface area contributed by atoms with Crippen LogP contribution in [-0.2, 0) is 4.79 Å². The van der Waals surface area contributed by atoms with E-state index in [4.69, 9.17) is 10.2 Å². The van der Waals surface area contributed by atoms with Crippen molar-refractivity contribution < 1.29 is 15.0 Å². The van der Waals surface area contributed by atoms with Gasteiger partial charge in [0.15, 0.2) is 0 Å². The fourth-order valence-electron chi connectivity index (χ4n) is 0.415. The molecule has 4 nitrogen and oxygen atoms in total. The Morgan fingerprint density at radius 3 is 2.67 bits per heavy atom. The van der Waals surface area contributed by atoms with Gasteiger partial charge in [-0.25, -0.2) is 0 Å². The molecule has 0 rings (SSSR count). The van der Waals surface area contributed by atoms with Crippen LogP contribution in [0.1, 0.15) is 6.42 Å². The van der Waals surface area contributed by atoms with Crippen LogP contribution in [0, 0.1) is 0 Å². The molecule has 1 unspecified atom stereocenters. The third-order valence-corrected chi connectivity index (χ3v) is 0.750. The van der Waals surface area contributed by atoms with E-state index in [2.05, 4.69) is 11.7 Å². The SMILES string of the molecule is C=NCC(O)CC(=O)O. The van der Waals surface area contributed by atoms with Crippen molar-refractivity contribution in [3.05, 3.63) is 0 Å². The van der Waals surface area contributed by atoms with E-state index in [-0.39, 0.29) is 13.0 Å². The van der Waals surface area contributed by atoms with E-state index in [0.29, 0.717) is 0 Å². The minimum Gasteiger partial charge on any atom is -0.481 e. The van der Waals surface area contributed by atoms with Crippen LogP contribution in [0.15, 0.2) is 4.99 Å². The average Bonchev–Trinajstić information content (AvgIpc) is 1.63. The van der Waals surface area contributed by atoms with E-state index in [0.717, 1.165) is 0 Å². The van der Waals surface area contributed by atoms with E-state index < -0.39 is 12.1 Å². The summed E-state index contributed by atoms with van der Waals surface area (Å²) in [7, 11) is 0. The van der Waals surface area contributed by atoms with Crippen LogP contribution in [0.25, 0.3) is 0 Å². The molecule has 0 saturated heterocycles. The van der Waals surface area contributed by atoms with Crippen molar-refractivity contribution in [2.75, 3.05) is 6.54 Å². The Labute approximate surface area is 52.8 Å². The van der Waals surface area contributed by atoms with Gasteiger partial charge in [-0.3, -0.25) is 9.79 Å². The van der Waals surface area contributed by atoms with Crippen molar-refractivity contribution in [3.63, 3.8) is 0 Å². The Morgan fingerprint density at radius 2 is 2.33 bits per heavy atom. The minimum absolute atomic E-state index is 0.0896. The summed E-state index contributed by atoms with van der Waals surface area (Å²) >= 11 is 0. The van der Waals surface area contributed by atoms with Crippen molar-refractivity contribution in [2.45, 2.75) is 12.5 Å². The Hall–Kier alpha value is -0.900. The number of aliphatic imine (C=N–C) groups is 1. The monoisotopic (exact) mass is 131 g/mol. The second-order valence-electron chi connectivity index (χ2n) is 1.66. The van der Waals surface area contributed by atoms with E-state index in [1.807, 2.05) is 0 Å². The lowest BCUT2D eigenvalue weighted by Gasteiger charge is -2.00. The number of aliphatic carboxylic acids is 1. The van der Waals surface area contributed by atoms with Crippen molar-refractivity contribution in [3.8, 4) is 0 Å². The van der Waals surface area contributed by atoms with Crippen molar-refractivity contribution in [2.24, 2.45) is 4.99 Å². The third kappa shape index (κ3) is 4.96. The largest absolute Gasteiger partial charge is 0.481 e. The quantitative estimate of drug-likeness (QED) is 0.506.